The van der Waals surface area contributed by atoms with E-state index >= 15 is 0 Å². The molecule has 0 aromatic carbocycles. The highest BCUT2D eigenvalue weighted by atomic mass is 16.2. The summed E-state index contributed by atoms with van der Waals surface area (Å²) < 4.78 is 0. The summed E-state index contributed by atoms with van der Waals surface area (Å²) in [7, 11) is 0. The Morgan fingerprint density at radius 1 is 1.37 bits per heavy atom. The van der Waals surface area contributed by atoms with Gasteiger partial charge >= 0.3 is 0 Å². The maximum absolute atomic E-state index is 11.8. The second kappa shape index (κ2) is 7.56. The van der Waals surface area contributed by atoms with E-state index in [1.807, 2.05) is 13.8 Å². The normalized spacial score (nSPS) is 12.1. The zero-order chi connectivity index (χ0) is 14.3. The topological polar surface area (TPSA) is 78.9 Å². The van der Waals surface area contributed by atoms with Crippen molar-refractivity contribution in [2.24, 2.45) is 0 Å². The Bertz CT molecular complexity index is 408. The van der Waals surface area contributed by atoms with Gasteiger partial charge in [-0.3, -0.25) is 4.79 Å². The molecule has 1 unspecified atom stereocenters. The fraction of sp³-hybridized carbons (Fsp3) is 0.615. The molecule has 0 aliphatic heterocycles. The smallest absolute Gasteiger partial charge is 0.242 e. The lowest BCUT2D eigenvalue weighted by Crippen LogP contribution is -2.41. The quantitative estimate of drug-likeness (QED) is 0.698. The number of hydrogen-bond acceptors (Lipinski definition) is 5. The number of carbonyl (C=O) groups is 1. The van der Waals surface area contributed by atoms with Gasteiger partial charge in [-0.2, -0.15) is 4.98 Å². The molecule has 0 aliphatic rings. The lowest BCUT2D eigenvalue weighted by atomic mass is 10.3. The average Bonchev–Trinajstić information content (AvgIpc) is 2.36. The van der Waals surface area contributed by atoms with Gasteiger partial charge in [0.1, 0.15) is 11.9 Å². The Kier molecular flexibility index (Phi) is 6.05. The summed E-state index contributed by atoms with van der Waals surface area (Å²) in [5, 5.41) is 9.02. The summed E-state index contributed by atoms with van der Waals surface area (Å²) in [5.74, 6) is 1.17. The number of carbonyl (C=O) groups excluding carboxylic acids is 1. The van der Waals surface area contributed by atoms with Gasteiger partial charge < -0.3 is 16.0 Å². The first-order valence-corrected chi connectivity index (χ1v) is 6.66. The molecule has 1 heterocycles. The average molecular weight is 265 g/mol. The molecule has 1 aromatic rings. The van der Waals surface area contributed by atoms with Crippen LogP contribution in [0.5, 0.6) is 0 Å². The van der Waals surface area contributed by atoms with Crippen LogP contribution >= 0.6 is 0 Å². The summed E-state index contributed by atoms with van der Waals surface area (Å²) in [5.41, 5.74) is 0. The highest BCUT2D eigenvalue weighted by Gasteiger charge is 2.13. The molecular formula is C13H23N5O. The lowest BCUT2D eigenvalue weighted by Gasteiger charge is -2.16. The summed E-state index contributed by atoms with van der Waals surface area (Å²) in [6.07, 6.45) is 2.68. The van der Waals surface area contributed by atoms with E-state index in [4.69, 9.17) is 0 Å². The fourth-order valence-corrected chi connectivity index (χ4v) is 1.46. The highest BCUT2D eigenvalue weighted by Crippen LogP contribution is 2.07. The lowest BCUT2D eigenvalue weighted by molar-refractivity contribution is -0.122. The molecule has 6 heteroatoms. The summed E-state index contributed by atoms with van der Waals surface area (Å²) >= 11 is 0. The summed E-state index contributed by atoms with van der Waals surface area (Å²) in [6.45, 7) is 8.57. The molecule has 1 rings (SSSR count). The second-order valence-corrected chi connectivity index (χ2v) is 4.72. The van der Waals surface area contributed by atoms with Gasteiger partial charge in [-0.05, 0) is 33.3 Å². The summed E-state index contributed by atoms with van der Waals surface area (Å²) in [6, 6.07) is 1.54. The van der Waals surface area contributed by atoms with Crippen molar-refractivity contribution in [2.45, 2.75) is 46.2 Å². The molecule has 0 fully saturated rings. The predicted molar refractivity (Wildman–Crippen MR) is 77.2 cm³/mol. The van der Waals surface area contributed by atoms with Gasteiger partial charge in [0.25, 0.3) is 0 Å². The third-order valence-electron chi connectivity index (χ3n) is 2.38. The first-order valence-electron chi connectivity index (χ1n) is 6.66. The minimum absolute atomic E-state index is 0.0447. The van der Waals surface area contributed by atoms with Gasteiger partial charge in [-0.25, -0.2) is 4.98 Å². The van der Waals surface area contributed by atoms with Crippen LogP contribution in [-0.4, -0.2) is 34.5 Å². The minimum atomic E-state index is -0.337. The molecule has 1 aromatic heterocycles. The highest BCUT2D eigenvalue weighted by molar-refractivity contribution is 5.84. The maximum Gasteiger partial charge on any atom is 0.242 e. The van der Waals surface area contributed by atoms with Crippen LogP contribution < -0.4 is 16.0 Å². The van der Waals surface area contributed by atoms with Crippen LogP contribution in [0.1, 0.15) is 34.1 Å². The van der Waals surface area contributed by atoms with Crippen LogP contribution in [0, 0.1) is 0 Å². The van der Waals surface area contributed by atoms with E-state index in [0.29, 0.717) is 11.8 Å². The van der Waals surface area contributed by atoms with Crippen molar-refractivity contribution in [3.8, 4) is 0 Å². The van der Waals surface area contributed by atoms with Crippen molar-refractivity contribution >= 4 is 17.7 Å². The van der Waals surface area contributed by atoms with E-state index in [9.17, 15) is 4.79 Å². The number of nitrogens with one attached hydrogen (secondary N) is 3. The maximum atomic E-state index is 11.8. The second-order valence-electron chi connectivity index (χ2n) is 4.72. The van der Waals surface area contributed by atoms with Crippen molar-refractivity contribution in [3.05, 3.63) is 12.3 Å². The SMILES string of the molecule is CCCNc1nccc(NC(C)C(=O)NC(C)C)n1. The third-order valence-corrected chi connectivity index (χ3v) is 2.38. The van der Waals surface area contributed by atoms with E-state index in [1.54, 1.807) is 19.2 Å². The first kappa shape index (κ1) is 15.2. The number of hydrogen-bond donors (Lipinski definition) is 3. The van der Waals surface area contributed by atoms with E-state index < -0.39 is 0 Å². The van der Waals surface area contributed by atoms with Crippen molar-refractivity contribution < 1.29 is 4.79 Å². The molecule has 1 atom stereocenters. The molecule has 0 bridgehead atoms. The molecular weight excluding hydrogens is 242 g/mol. The zero-order valence-corrected chi connectivity index (χ0v) is 12.0. The molecule has 6 nitrogen and oxygen atoms in total. The molecule has 19 heavy (non-hydrogen) atoms. The van der Waals surface area contributed by atoms with Crippen LogP contribution in [0.25, 0.3) is 0 Å². The van der Waals surface area contributed by atoms with E-state index in [0.717, 1.165) is 13.0 Å². The standard InChI is InChI=1S/C13H23N5O/c1-5-7-14-13-15-8-6-11(18-13)17-10(4)12(19)16-9(2)3/h6,8-10H,5,7H2,1-4H3,(H,16,19)(H2,14,15,17,18). The van der Waals surface area contributed by atoms with Gasteiger partial charge in [0, 0.05) is 18.8 Å². The molecule has 1 amide bonds. The number of rotatable bonds is 7. The van der Waals surface area contributed by atoms with Crippen molar-refractivity contribution in [1.82, 2.24) is 15.3 Å². The van der Waals surface area contributed by atoms with Gasteiger partial charge in [-0.15, -0.1) is 0 Å². The van der Waals surface area contributed by atoms with Crippen molar-refractivity contribution in [2.75, 3.05) is 17.2 Å². The van der Waals surface area contributed by atoms with E-state index in [2.05, 4.69) is 32.8 Å². The number of amides is 1. The Morgan fingerprint density at radius 3 is 2.74 bits per heavy atom. The van der Waals surface area contributed by atoms with Gasteiger partial charge in [0.2, 0.25) is 11.9 Å². The number of nitrogens with zero attached hydrogens (tertiary/aromatic N) is 2. The van der Waals surface area contributed by atoms with Crippen LogP contribution in [0.3, 0.4) is 0 Å². The Labute approximate surface area is 114 Å². The molecule has 0 saturated heterocycles. The number of anilines is 2. The Hall–Kier alpha value is -1.85. The third kappa shape index (κ3) is 5.54. The monoisotopic (exact) mass is 265 g/mol. The molecule has 0 aliphatic carbocycles. The molecule has 0 spiro atoms. The minimum Gasteiger partial charge on any atom is -0.358 e. The molecule has 106 valence electrons. The van der Waals surface area contributed by atoms with Crippen molar-refractivity contribution in [1.29, 1.82) is 0 Å². The molecule has 0 radical (unpaired) electrons. The zero-order valence-electron chi connectivity index (χ0n) is 12.0. The van der Waals surface area contributed by atoms with Crippen LogP contribution in [0.15, 0.2) is 12.3 Å². The Morgan fingerprint density at radius 2 is 2.11 bits per heavy atom. The van der Waals surface area contributed by atoms with Gasteiger partial charge in [0.05, 0.1) is 0 Å². The molecule has 3 N–H and O–H groups in total. The van der Waals surface area contributed by atoms with Crippen LogP contribution in [0.2, 0.25) is 0 Å². The fourth-order valence-electron chi connectivity index (χ4n) is 1.46. The van der Waals surface area contributed by atoms with Gasteiger partial charge in [-0.1, -0.05) is 6.92 Å². The van der Waals surface area contributed by atoms with Gasteiger partial charge in [0.15, 0.2) is 0 Å². The summed E-state index contributed by atoms with van der Waals surface area (Å²) in [4.78, 5) is 20.2. The largest absolute Gasteiger partial charge is 0.358 e. The van der Waals surface area contributed by atoms with E-state index in [1.165, 1.54) is 0 Å². The van der Waals surface area contributed by atoms with Crippen LogP contribution in [0.4, 0.5) is 11.8 Å². The Balaban J connectivity index is 2.58. The molecule has 0 saturated carbocycles. The predicted octanol–water partition coefficient (Wildman–Crippen LogP) is 1.62. The van der Waals surface area contributed by atoms with E-state index in [-0.39, 0.29) is 18.0 Å². The van der Waals surface area contributed by atoms with Crippen molar-refractivity contribution in [3.63, 3.8) is 0 Å². The first-order chi connectivity index (χ1) is 9.02. The number of aromatic nitrogens is 2. The van der Waals surface area contributed by atoms with Crippen LogP contribution in [-0.2, 0) is 4.79 Å².